The average Bonchev–Trinajstić information content (AvgIpc) is 3.17. The van der Waals surface area contributed by atoms with E-state index in [0.29, 0.717) is 48.7 Å². The number of methoxy groups -OCH3 is 2. The summed E-state index contributed by atoms with van der Waals surface area (Å²) in [4.78, 5) is 27.0. The standard InChI is InChI=1S/C27H27N3O4/c1-16-4-9-23(26(31)29-16)30-15-20-11-21(7-8-22(20)27(30)32)28-14-17-5-6-18-12-24(33-2)25(34-3)13-19(18)10-17/h5-8,10-13,23,28H,1,4,9,14-15H2,2-3H3,(H,29,31). The van der Waals surface area contributed by atoms with Gasteiger partial charge in [0.2, 0.25) is 5.91 Å². The van der Waals surface area contributed by atoms with Crippen LogP contribution in [0.1, 0.15) is 34.3 Å². The van der Waals surface area contributed by atoms with Gasteiger partial charge in [-0.1, -0.05) is 18.7 Å². The summed E-state index contributed by atoms with van der Waals surface area (Å²) >= 11 is 0. The van der Waals surface area contributed by atoms with Crippen LogP contribution in [0, 0.1) is 0 Å². The molecular formula is C27H27N3O4. The van der Waals surface area contributed by atoms with Crippen molar-refractivity contribution in [1.82, 2.24) is 10.2 Å². The lowest BCUT2D eigenvalue weighted by Gasteiger charge is -2.30. The minimum absolute atomic E-state index is 0.0897. The predicted molar refractivity (Wildman–Crippen MR) is 131 cm³/mol. The van der Waals surface area contributed by atoms with Crippen molar-refractivity contribution >= 4 is 28.3 Å². The molecule has 5 rings (SSSR count). The number of nitrogens with one attached hydrogen (secondary N) is 2. The summed E-state index contributed by atoms with van der Waals surface area (Å²) in [5, 5.41) is 8.38. The summed E-state index contributed by atoms with van der Waals surface area (Å²) in [5.74, 6) is 1.16. The molecule has 3 aromatic carbocycles. The van der Waals surface area contributed by atoms with Crippen LogP contribution in [0.3, 0.4) is 0 Å². The van der Waals surface area contributed by atoms with Gasteiger partial charge in [-0.2, -0.15) is 0 Å². The van der Waals surface area contributed by atoms with Gasteiger partial charge < -0.3 is 25.0 Å². The van der Waals surface area contributed by atoms with Crippen LogP contribution in [-0.2, 0) is 17.9 Å². The first-order chi connectivity index (χ1) is 16.5. The van der Waals surface area contributed by atoms with Crippen molar-refractivity contribution in [3.8, 4) is 11.5 Å². The van der Waals surface area contributed by atoms with Crippen molar-refractivity contribution in [2.45, 2.75) is 32.0 Å². The SMILES string of the molecule is C=C1CCC(N2Cc3cc(NCc4ccc5cc(OC)c(OC)cc5c4)ccc3C2=O)C(=O)N1. The van der Waals surface area contributed by atoms with Gasteiger partial charge in [0.05, 0.1) is 14.2 Å². The lowest BCUT2D eigenvalue weighted by atomic mass is 10.0. The van der Waals surface area contributed by atoms with E-state index in [-0.39, 0.29) is 11.8 Å². The molecule has 34 heavy (non-hydrogen) atoms. The molecule has 0 aliphatic carbocycles. The second-order valence-electron chi connectivity index (χ2n) is 8.69. The maximum Gasteiger partial charge on any atom is 0.255 e. The maximum atomic E-state index is 12.9. The van der Waals surface area contributed by atoms with Gasteiger partial charge in [0.1, 0.15) is 6.04 Å². The van der Waals surface area contributed by atoms with Crippen LogP contribution in [-0.4, -0.2) is 37.0 Å². The minimum atomic E-state index is -0.449. The zero-order valence-electron chi connectivity index (χ0n) is 19.3. The fourth-order valence-electron chi connectivity index (χ4n) is 4.70. The number of fused-ring (bicyclic) bond motifs is 2. The molecular weight excluding hydrogens is 430 g/mol. The van der Waals surface area contributed by atoms with Gasteiger partial charge in [0.15, 0.2) is 11.5 Å². The molecule has 0 bridgehead atoms. The van der Waals surface area contributed by atoms with Gasteiger partial charge in [0.25, 0.3) is 5.91 Å². The highest BCUT2D eigenvalue weighted by Crippen LogP contribution is 2.33. The van der Waals surface area contributed by atoms with Gasteiger partial charge in [0, 0.05) is 30.0 Å². The Morgan fingerprint density at radius 2 is 1.79 bits per heavy atom. The second-order valence-corrected chi connectivity index (χ2v) is 8.69. The molecule has 0 saturated carbocycles. The number of hydrogen-bond donors (Lipinski definition) is 2. The van der Waals surface area contributed by atoms with Crippen molar-refractivity contribution in [2.24, 2.45) is 0 Å². The molecule has 174 valence electrons. The highest BCUT2D eigenvalue weighted by atomic mass is 16.5. The molecule has 0 radical (unpaired) electrons. The summed E-state index contributed by atoms with van der Waals surface area (Å²) in [6.45, 7) is 4.89. The van der Waals surface area contributed by atoms with Crippen LogP contribution in [0.15, 0.2) is 60.8 Å². The quantitative estimate of drug-likeness (QED) is 0.580. The minimum Gasteiger partial charge on any atom is -0.493 e. The Balaban J connectivity index is 1.30. The van der Waals surface area contributed by atoms with E-state index in [0.717, 1.165) is 27.6 Å². The lowest BCUT2D eigenvalue weighted by Crippen LogP contribution is -2.49. The monoisotopic (exact) mass is 457 g/mol. The van der Waals surface area contributed by atoms with Crippen LogP contribution >= 0.6 is 0 Å². The largest absolute Gasteiger partial charge is 0.493 e. The summed E-state index contributed by atoms with van der Waals surface area (Å²) in [6.07, 6.45) is 1.29. The number of amides is 2. The average molecular weight is 458 g/mol. The Morgan fingerprint density at radius 3 is 2.53 bits per heavy atom. The van der Waals surface area contributed by atoms with Gasteiger partial charge >= 0.3 is 0 Å². The lowest BCUT2D eigenvalue weighted by molar-refractivity contribution is -0.126. The van der Waals surface area contributed by atoms with Crippen LogP contribution in [0.5, 0.6) is 11.5 Å². The molecule has 7 heteroatoms. The van der Waals surface area contributed by atoms with Gasteiger partial charge in [-0.25, -0.2) is 0 Å². The summed E-state index contributed by atoms with van der Waals surface area (Å²) < 4.78 is 10.8. The van der Waals surface area contributed by atoms with Crippen LogP contribution < -0.4 is 20.1 Å². The molecule has 2 aliphatic rings. The molecule has 2 aliphatic heterocycles. The Morgan fingerprint density at radius 1 is 1.03 bits per heavy atom. The molecule has 1 atom stereocenters. The van der Waals surface area contributed by atoms with Crippen molar-refractivity contribution in [2.75, 3.05) is 19.5 Å². The molecule has 3 aromatic rings. The highest BCUT2D eigenvalue weighted by Gasteiger charge is 2.38. The van der Waals surface area contributed by atoms with E-state index in [1.54, 1.807) is 19.1 Å². The van der Waals surface area contributed by atoms with Crippen molar-refractivity contribution in [3.05, 3.63) is 77.5 Å². The van der Waals surface area contributed by atoms with Crippen LogP contribution in [0.4, 0.5) is 5.69 Å². The Kier molecular flexibility index (Phi) is 5.61. The molecule has 0 spiro atoms. The van der Waals surface area contributed by atoms with E-state index in [9.17, 15) is 9.59 Å². The number of carbonyl (C=O) groups excluding carboxylic acids is 2. The van der Waals surface area contributed by atoms with Crippen LogP contribution in [0.2, 0.25) is 0 Å². The molecule has 1 saturated heterocycles. The second kappa shape index (κ2) is 8.74. The third-order valence-electron chi connectivity index (χ3n) is 6.54. The first-order valence-electron chi connectivity index (χ1n) is 11.3. The third-order valence-corrected chi connectivity index (χ3v) is 6.54. The molecule has 7 nitrogen and oxygen atoms in total. The third kappa shape index (κ3) is 3.94. The smallest absolute Gasteiger partial charge is 0.255 e. The van der Waals surface area contributed by atoms with Gasteiger partial charge in [-0.05, 0) is 71.1 Å². The Hall–Kier alpha value is -4.00. The maximum absolute atomic E-state index is 12.9. The normalized spacial score (nSPS) is 17.5. The topological polar surface area (TPSA) is 79.9 Å². The first kappa shape index (κ1) is 21.8. The van der Waals surface area contributed by atoms with E-state index in [4.69, 9.17) is 9.47 Å². The summed E-state index contributed by atoms with van der Waals surface area (Å²) in [6, 6.07) is 15.5. The Labute approximate surface area is 198 Å². The predicted octanol–water partition coefficient (Wildman–Crippen LogP) is 4.22. The van der Waals surface area contributed by atoms with Crippen molar-refractivity contribution in [3.63, 3.8) is 0 Å². The first-order valence-corrected chi connectivity index (χ1v) is 11.3. The van der Waals surface area contributed by atoms with Gasteiger partial charge in [-0.15, -0.1) is 0 Å². The number of rotatable bonds is 6. The number of benzene rings is 3. The van der Waals surface area contributed by atoms with Gasteiger partial charge in [-0.3, -0.25) is 9.59 Å². The zero-order chi connectivity index (χ0) is 23.8. The molecule has 1 unspecified atom stereocenters. The fraction of sp³-hybridized carbons (Fsp3) is 0.259. The van der Waals surface area contributed by atoms with E-state index >= 15 is 0 Å². The van der Waals surface area contributed by atoms with E-state index in [2.05, 4.69) is 35.4 Å². The van der Waals surface area contributed by atoms with Crippen molar-refractivity contribution < 1.29 is 19.1 Å². The number of anilines is 1. The molecule has 0 aromatic heterocycles. The number of nitrogens with zero attached hydrogens (tertiary/aromatic N) is 1. The number of piperidine rings is 1. The summed E-state index contributed by atoms with van der Waals surface area (Å²) in [7, 11) is 3.26. The van der Waals surface area contributed by atoms with Crippen molar-refractivity contribution in [1.29, 1.82) is 0 Å². The zero-order valence-corrected chi connectivity index (χ0v) is 19.3. The molecule has 1 fully saturated rings. The van der Waals surface area contributed by atoms with Crippen LogP contribution in [0.25, 0.3) is 10.8 Å². The molecule has 2 N–H and O–H groups in total. The number of allylic oxidation sites excluding steroid dienone is 1. The number of hydrogen-bond acceptors (Lipinski definition) is 5. The molecule has 2 heterocycles. The highest BCUT2D eigenvalue weighted by molar-refractivity contribution is 6.01. The number of ether oxygens (including phenoxy) is 2. The van der Waals surface area contributed by atoms with E-state index in [1.165, 1.54) is 0 Å². The van der Waals surface area contributed by atoms with E-state index in [1.807, 2.05) is 30.3 Å². The fourth-order valence-corrected chi connectivity index (χ4v) is 4.70. The molecule has 2 amide bonds. The number of carbonyl (C=O) groups is 2. The Bertz CT molecular complexity index is 1320. The van der Waals surface area contributed by atoms with E-state index < -0.39 is 6.04 Å². The summed E-state index contributed by atoms with van der Waals surface area (Å²) in [5.41, 5.74) is 4.36.